The van der Waals surface area contributed by atoms with E-state index in [9.17, 15) is 24.0 Å². The number of hydrogen-bond acceptors (Lipinski definition) is 12. The molecule has 12 nitrogen and oxygen atoms in total. The van der Waals surface area contributed by atoms with E-state index in [1.165, 1.54) is 30.4 Å². The smallest absolute Gasteiger partial charge is 0.343 e. The molecule has 5 aromatic carbocycles. The number of carbonyl (C=O) groups is 5. The van der Waals surface area contributed by atoms with Gasteiger partial charge >= 0.3 is 29.8 Å². The van der Waals surface area contributed by atoms with Crippen LogP contribution in [0.15, 0.2) is 141 Å². The van der Waals surface area contributed by atoms with E-state index in [1.54, 1.807) is 43.3 Å². The molecule has 0 spiro atoms. The zero-order chi connectivity index (χ0) is 49.1. The molecule has 0 fully saturated rings. The molecule has 12 heteroatoms. The van der Waals surface area contributed by atoms with Crippen LogP contribution < -0.4 is 18.9 Å². The van der Waals surface area contributed by atoms with Gasteiger partial charge in [0, 0.05) is 12.2 Å². The molecule has 0 aliphatic rings. The second-order valence-electron chi connectivity index (χ2n) is 16.0. The van der Waals surface area contributed by atoms with Gasteiger partial charge in [0.2, 0.25) is 0 Å². The van der Waals surface area contributed by atoms with Crippen LogP contribution in [-0.2, 0) is 23.8 Å². The van der Waals surface area contributed by atoms with Crippen molar-refractivity contribution in [3.05, 3.63) is 157 Å². The highest BCUT2D eigenvalue weighted by Gasteiger charge is 2.20. The lowest BCUT2D eigenvalue weighted by Gasteiger charge is -2.13. The molecule has 0 atom stereocenters. The number of esters is 5. The standard InChI is InChI=1S/C57H62O12/c1-4-53(58)66-39-17-13-9-7-11-15-37-64-49-32-27-44(28-33-49)42-19-23-46(24-20-42)56(61)68-51-36-31-48(55(60)63-6-3)41-52(51)69-57(62)47-25-21-43(22-26-47)45-29-34-50(35-30-45)65-38-16-12-8-10-14-18-40-67-54(59)5-2/h4-5,19-36,41H,1-2,6-18,37-40H2,3H3. The van der Waals surface area contributed by atoms with Crippen molar-refractivity contribution in [2.45, 2.75) is 84.0 Å². The van der Waals surface area contributed by atoms with E-state index in [0.717, 1.165) is 111 Å². The molecule has 0 saturated carbocycles. The molecule has 5 rings (SSSR count). The van der Waals surface area contributed by atoms with Crippen LogP contribution in [0.4, 0.5) is 0 Å². The summed E-state index contributed by atoms with van der Waals surface area (Å²) < 4.78 is 38.5. The maximum Gasteiger partial charge on any atom is 0.343 e. The van der Waals surface area contributed by atoms with E-state index in [2.05, 4.69) is 13.2 Å². The Bertz CT molecular complexity index is 2420. The van der Waals surface area contributed by atoms with Gasteiger partial charge in [-0.15, -0.1) is 0 Å². The largest absolute Gasteiger partial charge is 0.494 e. The third-order valence-electron chi connectivity index (χ3n) is 10.9. The lowest BCUT2D eigenvalue weighted by Crippen LogP contribution is -2.14. The van der Waals surface area contributed by atoms with Gasteiger partial charge in [-0.1, -0.05) is 113 Å². The molecule has 0 aliphatic carbocycles. The average Bonchev–Trinajstić information content (AvgIpc) is 3.38. The summed E-state index contributed by atoms with van der Waals surface area (Å²) in [4.78, 5) is 61.7. The first-order chi connectivity index (χ1) is 33.7. The van der Waals surface area contributed by atoms with Gasteiger partial charge in [-0.05, 0) is 122 Å². The quantitative estimate of drug-likeness (QED) is 0.0142. The van der Waals surface area contributed by atoms with Gasteiger partial charge in [-0.2, -0.15) is 0 Å². The number of carbonyl (C=O) groups excluding carboxylic acids is 5. The first kappa shape index (κ1) is 52.5. The van der Waals surface area contributed by atoms with Crippen molar-refractivity contribution >= 4 is 29.8 Å². The number of hydrogen-bond donors (Lipinski definition) is 0. The summed E-state index contributed by atoms with van der Waals surface area (Å²) in [6.07, 6.45) is 14.4. The van der Waals surface area contributed by atoms with E-state index >= 15 is 0 Å². The van der Waals surface area contributed by atoms with Gasteiger partial charge in [0.05, 0.1) is 49.7 Å². The second-order valence-corrected chi connectivity index (χ2v) is 16.0. The molecule has 0 heterocycles. The Morgan fingerprint density at radius 2 is 0.739 bits per heavy atom. The maximum atomic E-state index is 13.5. The fraction of sp³-hybridized carbons (Fsp3) is 0.316. The molecule has 0 N–H and O–H groups in total. The van der Waals surface area contributed by atoms with Crippen molar-refractivity contribution in [3.8, 4) is 45.3 Å². The Balaban J connectivity index is 1.09. The highest BCUT2D eigenvalue weighted by Crippen LogP contribution is 2.32. The van der Waals surface area contributed by atoms with Crippen LogP contribution in [0.2, 0.25) is 0 Å². The minimum absolute atomic E-state index is 0.0514. The molecule has 0 amide bonds. The molecule has 0 aliphatic heterocycles. The van der Waals surface area contributed by atoms with Gasteiger partial charge in [0.1, 0.15) is 11.5 Å². The predicted octanol–water partition coefficient (Wildman–Crippen LogP) is 12.5. The molecular weight excluding hydrogens is 877 g/mol. The molecule has 0 bridgehead atoms. The molecule has 0 saturated heterocycles. The predicted molar refractivity (Wildman–Crippen MR) is 265 cm³/mol. The number of unbranched alkanes of at least 4 members (excludes halogenated alkanes) is 10. The number of rotatable bonds is 30. The van der Waals surface area contributed by atoms with Crippen molar-refractivity contribution in [2.75, 3.05) is 33.0 Å². The molecule has 0 aromatic heterocycles. The molecular formula is C57H62O12. The Morgan fingerprint density at radius 3 is 1.13 bits per heavy atom. The third kappa shape index (κ3) is 18.3. The molecule has 69 heavy (non-hydrogen) atoms. The topological polar surface area (TPSA) is 150 Å². The SMILES string of the molecule is C=CC(=O)OCCCCCCCCOc1ccc(-c2ccc(C(=O)Oc3ccc(C(=O)OCC)cc3OC(=O)c3ccc(-c4ccc(OCCCCCCCCOC(=O)C=C)cc4)cc3)cc2)cc1. The Labute approximate surface area is 405 Å². The van der Waals surface area contributed by atoms with Crippen LogP contribution in [0.1, 0.15) is 115 Å². The normalized spacial score (nSPS) is 10.6. The molecule has 5 aromatic rings. The zero-order valence-corrected chi connectivity index (χ0v) is 39.5. The summed E-state index contributed by atoms with van der Waals surface area (Å²) in [5, 5.41) is 0. The van der Waals surface area contributed by atoms with Gasteiger partial charge in [-0.3, -0.25) is 0 Å². The van der Waals surface area contributed by atoms with Crippen molar-refractivity contribution < 1.29 is 57.1 Å². The van der Waals surface area contributed by atoms with Crippen molar-refractivity contribution in [1.29, 1.82) is 0 Å². The van der Waals surface area contributed by atoms with E-state index in [1.807, 2.05) is 60.7 Å². The van der Waals surface area contributed by atoms with E-state index in [-0.39, 0.29) is 46.7 Å². The number of ether oxygens (including phenoxy) is 7. The van der Waals surface area contributed by atoms with Crippen LogP contribution in [0.3, 0.4) is 0 Å². The molecule has 362 valence electrons. The summed E-state index contributed by atoms with van der Waals surface area (Å²) in [6.45, 7) is 10.7. The van der Waals surface area contributed by atoms with Crippen LogP contribution in [-0.4, -0.2) is 62.9 Å². The monoisotopic (exact) mass is 938 g/mol. The Kier molecular flexibility index (Phi) is 22.3. The van der Waals surface area contributed by atoms with Crippen LogP contribution in [0.5, 0.6) is 23.0 Å². The number of benzene rings is 5. The fourth-order valence-electron chi connectivity index (χ4n) is 7.08. The minimum Gasteiger partial charge on any atom is -0.494 e. The summed E-state index contributed by atoms with van der Waals surface area (Å²) in [5.41, 5.74) is 4.27. The molecule has 0 radical (unpaired) electrons. The lowest BCUT2D eigenvalue weighted by molar-refractivity contribution is -0.138. The minimum atomic E-state index is -0.715. The van der Waals surface area contributed by atoms with E-state index < -0.39 is 17.9 Å². The van der Waals surface area contributed by atoms with Crippen molar-refractivity contribution in [2.24, 2.45) is 0 Å². The summed E-state index contributed by atoms with van der Waals surface area (Å²) in [7, 11) is 0. The summed E-state index contributed by atoms with van der Waals surface area (Å²) in [6, 6.07) is 33.5. The summed E-state index contributed by atoms with van der Waals surface area (Å²) >= 11 is 0. The van der Waals surface area contributed by atoms with Gasteiger partial charge in [-0.25, -0.2) is 24.0 Å². The second kappa shape index (κ2) is 29.3. The third-order valence-corrected chi connectivity index (χ3v) is 10.9. The Hall–Kier alpha value is -7.47. The Morgan fingerprint density at radius 1 is 0.391 bits per heavy atom. The average molecular weight is 939 g/mol. The van der Waals surface area contributed by atoms with Crippen molar-refractivity contribution in [3.63, 3.8) is 0 Å². The summed E-state index contributed by atoms with van der Waals surface area (Å²) in [5.74, 6) is -1.42. The zero-order valence-electron chi connectivity index (χ0n) is 39.5. The van der Waals surface area contributed by atoms with Gasteiger partial charge in [0.25, 0.3) is 0 Å². The fourth-order valence-corrected chi connectivity index (χ4v) is 7.08. The lowest BCUT2D eigenvalue weighted by atomic mass is 10.0. The van der Waals surface area contributed by atoms with Crippen LogP contribution in [0, 0.1) is 0 Å². The van der Waals surface area contributed by atoms with Gasteiger partial charge in [0.15, 0.2) is 11.5 Å². The van der Waals surface area contributed by atoms with Crippen molar-refractivity contribution in [1.82, 2.24) is 0 Å². The van der Waals surface area contributed by atoms with Crippen LogP contribution in [0.25, 0.3) is 22.3 Å². The highest BCUT2D eigenvalue weighted by molar-refractivity contribution is 5.95. The van der Waals surface area contributed by atoms with E-state index in [0.29, 0.717) is 26.4 Å². The molecule has 0 unspecified atom stereocenters. The van der Waals surface area contributed by atoms with Crippen LogP contribution >= 0.6 is 0 Å². The van der Waals surface area contributed by atoms with E-state index in [4.69, 9.17) is 33.2 Å². The highest BCUT2D eigenvalue weighted by atomic mass is 16.6. The van der Waals surface area contributed by atoms with Gasteiger partial charge < -0.3 is 33.2 Å². The first-order valence-electron chi connectivity index (χ1n) is 23.7. The maximum absolute atomic E-state index is 13.5. The first-order valence-corrected chi connectivity index (χ1v) is 23.7.